The molecule has 0 radical (unpaired) electrons. The lowest BCUT2D eigenvalue weighted by Crippen LogP contribution is -2.24. The Bertz CT molecular complexity index is 950. The van der Waals surface area contributed by atoms with E-state index in [9.17, 15) is 13.2 Å². The molecule has 0 saturated carbocycles. The maximum Gasteiger partial charge on any atom is 0.332 e. The van der Waals surface area contributed by atoms with Crippen LogP contribution in [0.25, 0.3) is 0 Å². The van der Waals surface area contributed by atoms with E-state index in [4.69, 9.17) is 10.5 Å². The summed E-state index contributed by atoms with van der Waals surface area (Å²) in [6, 6.07) is 12.3. The number of carbonyl (C=O) groups excluding carboxylic acids is 1. The lowest BCUT2D eigenvalue weighted by Gasteiger charge is -2.05. The van der Waals surface area contributed by atoms with Gasteiger partial charge in [0.05, 0.1) is 11.8 Å². The van der Waals surface area contributed by atoms with Gasteiger partial charge in [0.25, 0.3) is 10.0 Å². The van der Waals surface area contributed by atoms with Crippen molar-refractivity contribution in [3.8, 4) is 5.75 Å². The van der Waals surface area contributed by atoms with Gasteiger partial charge in [-0.1, -0.05) is 12.1 Å². The highest BCUT2D eigenvalue weighted by molar-refractivity contribution is 7.90. The molecular weight excluding hydrogens is 332 g/mol. The highest BCUT2D eigenvalue weighted by atomic mass is 32.2. The highest BCUT2D eigenvalue weighted by Gasteiger charge is 2.29. The Morgan fingerprint density at radius 2 is 1.88 bits per heavy atom. The van der Waals surface area contributed by atoms with Crippen LogP contribution in [0, 0.1) is 0 Å². The lowest BCUT2D eigenvalue weighted by molar-refractivity contribution is 0.249. The lowest BCUT2D eigenvalue weighted by atomic mass is 10.2. The number of rotatable bonds is 3. The van der Waals surface area contributed by atoms with Gasteiger partial charge in [0.2, 0.25) is 5.90 Å². The number of benzene rings is 2. The van der Waals surface area contributed by atoms with E-state index in [1.165, 1.54) is 12.3 Å². The molecule has 3 rings (SSSR count). The summed E-state index contributed by atoms with van der Waals surface area (Å²) in [5, 5.41) is 3.63. The second kappa shape index (κ2) is 6.13. The maximum atomic E-state index is 12.0. The number of nitrogens with one attached hydrogen (secondary N) is 1. The zero-order chi connectivity index (χ0) is 17.2. The SMILES string of the molecule is NC(=O)NN=Cc1ccc(OC2=NS(=O)(=O)c3ccccc32)cc1. The number of sulfonamides is 1. The first kappa shape index (κ1) is 15.7. The van der Waals surface area contributed by atoms with Crippen molar-refractivity contribution in [2.75, 3.05) is 0 Å². The fourth-order valence-electron chi connectivity index (χ4n) is 2.05. The molecule has 2 aromatic carbocycles. The van der Waals surface area contributed by atoms with Gasteiger partial charge in [0.15, 0.2) is 0 Å². The monoisotopic (exact) mass is 344 g/mol. The average molecular weight is 344 g/mol. The van der Waals surface area contributed by atoms with Crippen LogP contribution < -0.4 is 15.9 Å². The number of primary amides is 1. The highest BCUT2D eigenvalue weighted by Crippen LogP contribution is 2.27. The van der Waals surface area contributed by atoms with Crippen LogP contribution >= 0.6 is 0 Å². The molecule has 1 aliphatic rings. The van der Waals surface area contributed by atoms with Gasteiger partial charge in [-0.15, -0.1) is 4.40 Å². The summed E-state index contributed by atoms with van der Waals surface area (Å²) in [6.45, 7) is 0. The van der Waals surface area contributed by atoms with E-state index < -0.39 is 16.1 Å². The quantitative estimate of drug-likeness (QED) is 0.641. The molecule has 122 valence electrons. The number of carbonyl (C=O) groups is 1. The molecular formula is C15H12N4O4S. The van der Waals surface area contributed by atoms with Crippen LogP contribution in [0.1, 0.15) is 11.1 Å². The fraction of sp³-hybridized carbons (Fsp3) is 0. The van der Waals surface area contributed by atoms with Crippen LogP contribution in [-0.4, -0.2) is 26.6 Å². The Hall–Kier alpha value is -3.20. The molecule has 0 bridgehead atoms. The summed E-state index contributed by atoms with van der Waals surface area (Å²) in [7, 11) is -3.71. The van der Waals surface area contributed by atoms with Crippen molar-refractivity contribution >= 4 is 28.2 Å². The van der Waals surface area contributed by atoms with Crippen molar-refractivity contribution in [2.45, 2.75) is 4.90 Å². The van der Waals surface area contributed by atoms with Crippen LogP contribution in [0.15, 0.2) is 62.9 Å². The summed E-state index contributed by atoms with van der Waals surface area (Å²) in [6.07, 6.45) is 1.40. The third-order valence-electron chi connectivity index (χ3n) is 3.08. The molecule has 24 heavy (non-hydrogen) atoms. The molecule has 0 fully saturated rings. The maximum absolute atomic E-state index is 12.0. The van der Waals surface area contributed by atoms with Crippen LogP contribution in [0.2, 0.25) is 0 Å². The Labute approximate surface area is 137 Å². The van der Waals surface area contributed by atoms with E-state index in [0.717, 1.165) is 0 Å². The molecule has 2 amide bonds. The average Bonchev–Trinajstić information content (AvgIpc) is 2.80. The van der Waals surface area contributed by atoms with Gasteiger partial charge in [-0.3, -0.25) is 0 Å². The zero-order valence-corrected chi connectivity index (χ0v) is 13.0. The fourth-order valence-corrected chi connectivity index (χ4v) is 3.19. The Morgan fingerprint density at radius 3 is 2.58 bits per heavy atom. The minimum Gasteiger partial charge on any atom is -0.438 e. The molecule has 0 saturated heterocycles. The van der Waals surface area contributed by atoms with Crippen LogP contribution in [-0.2, 0) is 10.0 Å². The molecule has 1 heterocycles. The summed E-state index contributed by atoms with van der Waals surface area (Å²) in [5.74, 6) is 0.447. The number of fused-ring (bicyclic) bond motifs is 1. The predicted octanol–water partition coefficient (Wildman–Crippen LogP) is 1.22. The van der Waals surface area contributed by atoms with Crippen molar-refractivity contribution in [1.29, 1.82) is 0 Å². The third kappa shape index (κ3) is 3.25. The molecule has 1 aliphatic heterocycles. The number of hydrogen-bond acceptors (Lipinski definition) is 5. The second-order valence-corrected chi connectivity index (χ2v) is 6.35. The summed E-state index contributed by atoms with van der Waals surface area (Å²) in [5.41, 5.74) is 8.08. The third-order valence-corrected chi connectivity index (χ3v) is 4.40. The number of nitrogens with zero attached hydrogens (tertiary/aromatic N) is 2. The second-order valence-electron chi connectivity index (χ2n) is 4.77. The van der Waals surface area contributed by atoms with Gasteiger partial charge < -0.3 is 10.5 Å². The smallest absolute Gasteiger partial charge is 0.332 e. The number of ether oxygens (including phenoxy) is 1. The van der Waals surface area contributed by atoms with E-state index >= 15 is 0 Å². The van der Waals surface area contributed by atoms with Gasteiger partial charge in [-0.25, -0.2) is 10.2 Å². The van der Waals surface area contributed by atoms with Crippen LogP contribution in [0.5, 0.6) is 5.75 Å². The minimum absolute atomic E-state index is 0.0300. The summed E-state index contributed by atoms with van der Waals surface area (Å²) >= 11 is 0. The van der Waals surface area contributed by atoms with E-state index in [1.807, 2.05) is 0 Å². The molecule has 0 aliphatic carbocycles. The number of hydrazone groups is 1. The standard InChI is InChI=1S/C15H12N4O4S/c16-15(20)18-17-9-10-5-7-11(8-6-10)23-14-12-3-1-2-4-13(12)24(21,22)19-14/h1-9H,(H3,16,18,20). The summed E-state index contributed by atoms with van der Waals surface area (Å²) < 4.78 is 33.1. The van der Waals surface area contributed by atoms with Gasteiger partial charge in [-0.05, 0) is 42.0 Å². The number of hydrogen-bond donors (Lipinski definition) is 2. The Kier molecular flexibility index (Phi) is 4.00. The molecule has 0 spiro atoms. The van der Waals surface area contributed by atoms with Gasteiger partial charge in [-0.2, -0.15) is 13.5 Å². The van der Waals surface area contributed by atoms with Crippen molar-refractivity contribution < 1.29 is 17.9 Å². The zero-order valence-electron chi connectivity index (χ0n) is 12.2. The Balaban J connectivity index is 1.78. The first-order chi connectivity index (χ1) is 11.5. The van der Waals surface area contributed by atoms with E-state index in [2.05, 4.69) is 14.9 Å². The van der Waals surface area contributed by atoms with Crippen molar-refractivity contribution in [3.63, 3.8) is 0 Å². The summed E-state index contributed by atoms with van der Waals surface area (Å²) in [4.78, 5) is 10.6. The van der Waals surface area contributed by atoms with Gasteiger partial charge >= 0.3 is 6.03 Å². The predicted molar refractivity (Wildman–Crippen MR) is 87.5 cm³/mol. The molecule has 0 aromatic heterocycles. The first-order valence-electron chi connectivity index (χ1n) is 6.76. The van der Waals surface area contributed by atoms with Gasteiger partial charge in [0.1, 0.15) is 10.6 Å². The topological polar surface area (TPSA) is 123 Å². The van der Waals surface area contributed by atoms with Crippen LogP contribution in [0.4, 0.5) is 4.79 Å². The molecule has 3 N–H and O–H groups in total. The first-order valence-corrected chi connectivity index (χ1v) is 8.20. The minimum atomic E-state index is -3.71. The van der Waals surface area contributed by atoms with Crippen LogP contribution in [0.3, 0.4) is 0 Å². The molecule has 9 heteroatoms. The number of amides is 2. The van der Waals surface area contributed by atoms with E-state index in [-0.39, 0.29) is 10.8 Å². The van der Waals surface area contributed by atoms with Crippen molar-refractivity contribution in [3.05, 3.63) is 59.7 Å². The van der Waals surface area contributed by atoms with Crippen molar-refractivity contribution in [2.24, 2.45) is 15.2 Å². The normalized spacial score (nSPS) is 14.9. The number of nitrogens with two attached hydrogens (primary N) is 1. The van der Waals surface area contributed by atoms with E-state index in [0.29, 0.717) is 16.9 Å². The molecule has 2 aromatic rings. The molecule has 0 unspecified atom stereocenters. The number of urea groups is 1. The van der Waals surface area contributed by atoms with Gasteiger partial charge in [0, 0.05) is 0 Å². The Morgan fingerprint density at radius 1 is 1.17 bits per heavy atom. The largest absolute Gasteiger partial charge is 0.438 e. The molecule has 8 nitrogen and oxygen atoms in total. The molecule has 0 atom stereocenters. The van der Waals surface area contributed by atoms with E-state index in [1.54, 1.807) is 42.5 Å². The van der Waals surface area contributed by atoms with Crippen molar-refractivity contribution in [1.82, 2.24) is 5.43 Å².